The van der Waals surface area contributed by atoms with Crippen LogP contribution in [0.25, 0.3) is 11.3 Å². The lowest BCUT2D eigenvalue weighted by Gasteiger charge is -2.04. The van der Waals surface area contributed by atoms with E-state index in [-0.39, 0.29) is 0 Å². The fraction of sp³-hybridized carbons (Fsp3) is 0.100. The van der Waals surface area contributed by atoms with Crippen molar-refractivity contribution in [2.45, 2.75) is 0 Å². The van der Waals surface area contributed by atoms with Gasteiger partial charge in [-0.15, -0.1) is 0 Å². The van der Waals surface area contributed by atoms with Gasteiger partial charge in [0.05, 0.1) is 19.0 Å². The molecule has 0 saturated heterocycles. The number of para-hydroxylation sites is 1. The molecule has 0 fully saturated rings. The van der Waals surface area contributed by atoms with Crippen LogP contribution in [0.3, 0.4) is 0 Å². The van der Waals surface area contributed by atoms with Gasteiger partial charge in [-0.1, -0.05) is 12.1 Å². The first kappa shape index (κ1) is 9.09. The number of H-pyrrole nitrogens is 1. The molecule has 0 unspecified atom stereocenters. The van der Waals surface area contributed by atoms with Crippen LogP contribution in [-0.4, -0.2) is 17.1 Å². The van der Waals surface area contributed by atoms with Crippen LogP contribution in [0.15, 0.2) is 30.5 Å². The Bertz CT molecular complexity index is 439. The van der Waals surface area contributed by atoms with Gasteiger partial charge >= 0.3 is 0 Å². The van der Waals surface area contributed by atoms with Crippen LogP contribution in [0.5, 0.6) is 5.75 Å². The second-order valence-corrected chi connectivity index (χ2v) is 3.15. The summed E-state index contributed by atoms with van der Waals surface area (Å²) in [5, 5.41) is 0.380. The third-order valence-electron chi connectivity index (χ3n) is 1.94. The zero-order chi connectivity index (χ0) is 9.97. The Labute approximate surface area is 86.7 Å². The van der Waals surface area contributed by atoms with Gasteiger partial charge in [-0.05, 0) is 23.7 Å². The van der Waals surface area contributed by atoms with Crippen molar-refractivity contribution in [3.8, 4) is 17.0 Å². The van der Waals surface area contributed by atoms with Crippen LogP contribution < -0.4 is 4.74 Å². The molecular weight excluding hydrogens is 200 g/mol. The molecule has 0 amide bonds. The molecule has 0 aliphatic carbocycles. The monoisotopic (exact) mass is 208 g/mol. The van der Waals surface area contributed by atoms with E-state index in [1.807, 2.05) is 24.3 Å². The summed E-state index contributed by atoms with van der Waals surface area (Å²) in [6.07, 6.45) is 1.68. The fourth-order valence-electron chi connectivity index (χ4n) is 1.30. The summed E-state index contributed by atoms with van der Waals surface area (Å²) in [5.74, 6) is 0.799. The molecule has 72 valence electrons. The zero-order valence-corrected chi connectivity index (χ0v) is 8.38. The molecule has 2 rings (SSSR count). The Kier molecular flexibility index (Phi) is 2.41. The van der Waals surface area contributed by atoms with Gasteiger partial charge in [-0.2, -0.15) is 0 Å². The van der Waals surface area contributed by atoms with Crippen molar-refractivity contribution in [2.75, 3.05) is 7.11 Å². The second-order valence-electron chi connectivity index (χ2n) is 2.79. The van der Waals surface area contributed by atoms with E-state index in [1.54, 1.807) is 13.3 Å². The highest BCUT2D eigenvalue weighted by molar-refractivity contribution is 6.28. The number of benzene rings is 1. The van der Waals surface area contributed by atoms with Crippen molar-refractivity contribution in [1.82, 2.24) is 9.97 Å². The maximum Gasteiger partial charge on any atom is 0.200 e. The van der Waals surface area contributed by atoms with Crippen molar-refractivity contribution in [1.29, 1.82) is 0 Å². The van der Waals surface area contributed by atoms with E-state index in [1.165, 1.54) is 0 Å². The summed E-state index contributed by atoms with van der Waals surface area (Å²) in [4.78, 5) is 6.86. The number of halogens is 1. The Balaban J connectivity index is 2.50. The molecule has 14 heavy (non-hydrogen) atoms. The number of aromatic amines is 1. The number of hydrogen-bond donors (Lipinski definition) is 1. The summed E-state index contributed by atoms with van der Waals surface area (Å²) in [7, 11) is 1.64. The fourth-order valence-corrected chi connectivity index (χ4v) is 1.45. The Morgan fingerprint density at radius 3 is 2.79 bits per heavy atom. The number of nitrogens with one attached hydrogen (secondary N) is 1. The van der Waals surface area contributed by atoms with Crippen molar-refractivity contribution >= 4 is 11.6 Å². The van der Waals surface area contributed by atoms with Crippen LogP contribution in [0.4, 0.5) is 0 Å². The SMILES string of the molecule is COc1ccccc1-c1cnc(Cl)[nH]1. The number of nitrogens with zero attached hydrogens (tertiary/aromatic N) is 1. The molecule has 0 aliphatic heterocycles. The molecule has 0 aliphatic rings. The molecule has 0 spiro atoms. The first-order chi connectivity index (χ1) is 6.81. The second kappa shape index (κ2) is 3.72. The lowest BCUT2D eigenvalue weighted by Crippen LogP contribution is -1.86. The largest absolute Gasteiger partial charge is 0.496 e. The lowest BCUT2D eigenvalue weighted by molar-refractivity contribution is 0.416. The molecule has 2 aromatic rings. The lowest BCUT2D eigenvalue weighted by atomic mass is 10.1. The molecule has 0 atom stereocenters. The molecule has 0 bridgehead atoms. The smallest absolute Gasteiger partial charge is 0.200 e. The number of aromatic nitrogens is 2. The minimum Gasteiger partial charge on any atom is -0.496 e. The molecule has 1 aromatic carbocycles. The molecule has 1 heterocycles. The van der Waals surface area contributed by atoms with Crippen LogP contribution in [-0.2, 0) is 0 Å². The summed E-state index contributed by atoms with van der Waals surface area (Å²) in [5.41, 5.74) is 1.81. The Morgan fingerprint density at radius 1 is 1.36 bits per heavy atom. The van der Waals surface area contributed by atoms with E-state index in [4.69, 9.17) is 16.3 Å². The van der Waals surface area contributed by atoms with E-state index in [2.05, 4.69) is 9.97 Å². The summed E-state index contributed by atoms with van der Waals surface area (Å²) >= 11 is 5.70. The average Bonchev–Trinajstić information content (AvgIpc) is 2.65. The predicted molar refractivity (Wildman–Crippen MR) is 55.6 cm³/mol. The summed E-state index contributed by atoms with van der Waals surface area (Å²) in [6, 6.07) is 7.69. The number of imidazole rings is 1. The highest BCUT2D eigenvalue weighted by Crippen LogP contribution is 2.28. The van der Waals surface area contributed by atoms with E-state index in [9.17, 15) is 0 Å². The van der Waals surface area contributed by atoms with Gasteiger partial charge in [0.25, 0.3) is 0 Å². The minimum absolute atomic E-state index is 0.380. The summed E-state index contributed by atoms with van der Waals surface area (Å²) in [6.45, 7) is 0. The van der Waals surface area contributed by atoms with Gasteiger partial charge in [0.15, 0.2) is 5.28 Å². The zero-order valence-electron chi connectivity index (χ0n) is 7.62. The van der Waals surface area contributed by atoms with Crippen LogP contribution in [0.2, 0.25) is 5.28 Å². The number of ether oxygens (including phenoxy) is 1. The summed E-state index contributed by atoms with van der Waals surface area (Å²) < 4.78 is 5.22. The number of hydrogen-bond acceptors (Lipinski definition) is 2. The quantitative estimate of drug-likeness (QED) is 0.824. The first-order valence-electron chi connectivity index (χ1n) is 4.15. The molecule has 1 aromatic heterocycles. The topological polar surface area (TPSA) is 37.9 Å². The predicted octanol–water partition coefficient (Wildman–Crippen LogP) is 2.74. The van der Waals surface area contributed by atoms with Crippen LogP contribution in [0, 0.1) is 0 Å². The average molecular weight is 209 g/mol. The van der Waals surface area contributed by atoms with Gasteiger partial charge in [0.2, 0.25) is 0 Å². The van der Waals surface area contributed by atoms with Gasteiger partial charge in [-0.3, -0.25) is 0 Å². The first-order valence-corrected chi connectivity index (χ1v) is 4.53. The third kappa shape index (κ3) is 1.59. The van der Waals surface area contributed by atoms with Crippen LogP contribution >= 0.6 is 11.6 Å². The molecule has 4 heteroatoms. The van der Waals surface area contributed by atoms with Gasteiger partial charge in [0, 0.05) is 5.56 Å². The highest BCUT2D eigenvalue weighted by Gasteiger charge is 2.06. The number of methoxy groups -OCH3 is 1. The highest BCUT2D eigenvalue weighted by atomic mass is 35.5. The van der Waals surface area contributed by atoms with Gasteiger partial charge in [-0.25, -0.2) is 4.98 Å². The third-order valence-corrected chi connectivity index (χ3v) is 2.13. The van der Waals surface area contributed by atoms with Crippen molar-refractivity contribution in [3.05, 3.63) is 35.7 Å². The van der Waals surface area contributed by atoms with Crippen molar-refractivity contribution in [2.24, 2.45) is 0 Å². The molecule has 0 radical (unpaired) electrons. The van der Waals surface area contributed by atoms with E-state index >= 15 is 0 Å². The van der Waals surface area contributed by atoms with Gasteiger partial charge in [0.1, 0.15) is 5.75 Å². The van der Waals surface area contributed by atoms with E-state index < -0.39 is 0 Å². The Morgan fingerprint density at radius 2 is 2.14 bits per heavy atom. The molecule has 0 saturated carbocycles. The minimum atomic E-state index is 0.380. The molecule has 3 nitrogen and oxygen atoms in total. The van der Waals surface area contributed by atoms with Crippen LogP contribution in [0.1, 0.15) is 0 Å². The van der Waals surface area contributed by atoms with Gasteiger partial charge < -0.3 is 9.72 Å². The molecular formula is C10H9ClN2O. The Hall–Kier alpha value is -1.48. The normalized spacial score (nSPS) is 10.1. The maximum atomic E-state index is 5.70. The molecule has 1 N–H and O–H groups in total. The van der Waals surface area contributed by atoms with E-state index in [0.29, 0.717) is 5.28 Å². The van der Waals surface area contributed by atoms with E-state index in [0.717, 1.165) is 17.0 Å². The number of rotatable bonds is 2. The van der Waals surface area contributed by atoms with Crippen molar-refractivity contribution in [3.63, 3.8) is 0 Å². The maximum absolute atomic E-state index is 5.70. The standard InChI is InChI=1S/C10H9ClN2O/c1-14-9-5-3-2-4-7(9)8-6-12-10(11)13-8/h2-6H,1H3,(H,12,13). The van der Waals surface area contributed by atoms with Crippen molar-refractivity contribution < 1.29 is 4.74 Å².